The number of ether oxygens (including phenoxy) is 1. The molecule has 6 heteroatoms. The smallest absolute Gasteiger partial charge is 0.242 e. The van der Waals surface area contributed by atoms with Crippen molar-refractivity contribution in [2.45, 2.75) is 37.2 Å². The van der Waals surface area contributed by atoms with Gasteiger partial charge in [0.2, 0.25) is 10.0 Å². The Labute approximate surface area is 94.7 Å². The third-order valence-electron chi connectivity index (χ3n) is 2.42. The Kier molecular flexibility index (Phi) is 2.86. The molecule has 0 unspecified atom stereocenters. The van der Waals surface area contributed by atoms with Crippen molar-refractivity contribution in [1.29, 1.82) is 0 Å². The molecule has 0 bridgehead atoms. The molecule has 88 valence electrons. The number of aromatic nitrogens is 1. The van der Waals surface area contributed by atoms with Crippen molar-refractivity contribution in [3.8, 4) is 5.75 Å². The van der Waals surface area contributed by atoms with Crippen LogP contribution in [0.5, 0.6) is 5.75 Å². The summed E-state index contributed by atoms with van der Waals surface area (Å²) in [5.41, 5.74) is 0.598. The summed E-state index contributed by atoms with van der Waals surface area (Å²) in [6.07, 6.45) is 5.52. The molecule has 0 amide bonds. The summed E-state index contributed by atoms with van der Waals surface area (Å²) in [6, 6.07) is 0. The summed E-state index contributed by atoms with van der Waals surface area (Å²) < 4.78 is 28.5. The quantitative estimate of drug-likeness (QED) is 0.847. The van der Waals surface area contributed by atoms with Crippen LogP contribution in [0.15, 0.2) is 17.3 Å². The minimum absolute atomic E-state index is 0.0805. The first-order chi connectivity index (χ1) is 7.52. The Morgan fingerprint density at radius 1 is 1.50 bits per heavy atom. The summed E-state index contributed by atoms with van der Waals surface area (Å²) in [5, 5.41) is 5.19. The monoisotopic (exact) mass is 242 g/mol. The number of primary sulfonamides is 1. The van der Waals surface area contributed by atoms with Crippen molar-refractivity contribution in [3.63, 3.8) is 0 Å². The van der Waals surface area contributed by atoms with Crippen LogP contribution >= 0.6 is 0 Å². The summed E-state index contributed by atoms with van der Waals surface area (Å²) >= 11 is 0. The molecule has 0 aliphatic heterocycles. The van der Waals surface area contributed by atoms with E-state index in [0.717, 1.165) is 12.8 Å². The Morgan fingerprint density at radius 3 is 2.69 bits per heavy atom. The zero-order valence-corrected chi connectivity index (χ0v) is 9.83. The van der Waals surface area contributed by atoms with Gasteiger partial charge in [-0.25, -0.2) is 13.6 Å². The van der Waals surface area contributed by atoms with Crippen LogP contribution in [-0.4, -0.2) is 19.5 Å². The van der Waals surface area contributed by atoms with E-state index in [0.29, 0.717) is 12.0 Å². The van der Waals surface area contributed by atoms with Gasteiger partial charge in [-0.2, -0.15) is 0 Å². The van der Waals surface area contributed by atoms with Crippen LogP contribution in [0.3, 0.4) is 0 Å². The van der Waals surface area contributed by atoms with E-state index in [4.69, 9.17) is 9.88 Å². The number of rotatable bonds is 4. The Hall–Kier alpha value is -1.14. The summed E-state index contributed by atoms with van der Waals surface area (Å²) in [4.78, 5) is 4.05. The molecule has 2 N–H and O–H groups in total. The third kappa shape index (κ3) is 2.33. The average molecular weight is 242 g/mol. The minimum Gasteiger partial charge on any atom is -0.487 e. The standard InChI is InChI=1S/C10H14N2O3S/c1-2-7-5-12-6-9(15-8-3-4-8)10(7)16(11,13)14/h5-6,8H,2-4H2,1H3,(H2,11,13,14). The second-order valence-corrected chi connectivity index (χ2v) is 5.34. The van der Waals surface area contributed by atoms with E-state index in [1.807, 2.05) is 6.92 Å². The zero-order valence-electron chi connectivity index (χ0n) is 9.01. The lowest BCUT2D eigenvalue weighted by molar-refractivity contribution is 0.293. The van der Waals surface area contributed by atoms with Gasteiger partial charge in [0.25, 0.3) is 0 Å². The lowest BCUT2D eigenvalue weighted by Crippen LogP contribution is -2.17. The van der Waals surface area contributed by atoms with Crippen LogP contribution in [0, 0.1) is 0 Å². The molecule has 0 aromatic carbocycles. The van der Waals surface area contributed by atoms with Crippen molar-refractivity contribution in [2.24, 2.45) is 5.14 Å². The molecule has 1 aromatic rings. The Bertz CT molecular complexity index is 495. The van der Waals surface area contributed by atoms with Crippen molar-refractivity contribution < 1.29 is 13.2 Å². The summed E-state index contributed by atoms with van der Waals surface area (Å²) in [5.74, 6) is 0.282. The van der Waals surface area contributed by atoms with E-state index >= 15 is 0 Å². The number of hydrogen-bond donors (Lipinski definition) is 1. The van der Waals surface area contributed by atoms with Crippen molar-refractivity contribution in [1.82, 2.24) is 4.98 Å². The van der Waals surface area contributed by atoms with E-state index in [-0.39, 0.29) is 16.7 Å². The minimum atomic E-state index is -3.76. The first-order valence-electron chi connectivity index (χ1n) is 5.18. The molecule has 2 rings (SSSR count). The largest absolute Gasteiger partial charge is 0.487 e. The first kappa shape index (κ1) is 11.3. The van der Waals surface area contributed by atoms with E-state index < -0.39 is 10.0 Å². The fraction of sp³-hybridized carbons (Fsp3) is 0.500. The first-order valence-corrected chi connectivity index (χ1v) is 6.73. The molecular weight excluding hydrogens is 228 g/mol. The topological polar surface area (TPSA) is 82.3 Å². The van der Waals surface area contributed by atoms with Gasteiger partial charge in [-0.1, -0.05) is 6.92 Å². The molecule has 0 radical (unpaired) electrons. The normalized spacial score (nSPS) is 16.1. The van der Waals surface area contributed by atoms with Gasteiger partial charge in [0.1, 0.15) is 4.90 Å². The number of aryl methyl sites for hydroxylation is 1. The number of pyridine rings is 1. The number of nitrogens with zero attached hydrogens (tertiary/aromatic N) is 1. The molecule has 1 aliphatic rings. The lowest BCUT2D eigenvalue weighted by Gasteiger charge is -2.11. The fourth-order valence-electron chi connectivity index (χ4n) is 1.49. The second-order valence-electron chi connectivity index (χ2n) is 3.84. The molecular formula is C10H14N2O3S. The number of nitrogens with two attached hydrogens (primary N) is 1. The highest BCUT2D eigenvalue weighted by atomic mass is 32.2. The Morgan fingerprint density at radius 2 is 2.19 bits per heavy atom. The van der Waals surface area contributed by atoms with Crippen molar-refractivity contribution in [3.05, 3.63) is 18.0 Å². The van der Waals surface area contributed by atoms with Crippen molar-refractivity contribution in [2.75, 3.05) is 0 Å². The lowest BCUT2D eigenvalue weighted by atomic mass is 10.2. The van der Waals surface area contributed by atoms with E-state index in [2.05, 4.69) is 4.98 Å². The maximum atomic E-state index is 11.5. The van der Waals surface area contributed by atoms with Gasteiger partial charge in [0.05, 0.1) is 12.3 Å². The van der Waals surface area contributed by atoms with Crippen LogP contribution in [0.25, 0.3) is 0 Å². The molecule has 1 aliphatic carbocycles. The molecule has 1 aromatic heterocycles. The second kappa shape index (κ2) is 4.03. The number of sulfonamides is 1. The van der Waals surface area contributed by atoms with Gasteiger partial charge < -0.3 is 4.74 Å². The van der Waals surface area contributed by atoms with E-state index in [9.17, 15) is 8.42 Å². The fourth-order valence-corrected chi connectivity index (χ4v) is 2.44. The van der Waals surface area contributed by atoms with Crippen LogP contribution in [0.4, 0.5) is 0 Å². The van der Waals surface area contributed by atoms with Gasteiger partial charge in [0, 0.05) is 6.20 Å². The van der Waals surface area contributed by atoms with E-state index in [1.54, 1.807) is 0 Å². The van der Waals surface area contributed by atoms with E-state index in [1.165, 1.54) is 12.4 Å². The van der Waals surface area contributed by atoms with Gasteiger partial charge in [0.15, 0.2) is 5.75 Å². The molecule has 1 heterocycles. The van der Waals surface area contributed by atoms with Crippen LogP contribution in [0.2, 0.25) is 0 Å². The van der Waals surface area contributed by atoms with Crippen LogP contribution in [-0.2, 0) is 16.4 Å². The van der Waals surface area contributed by atoms with Gasteiger partial charge in [-0.3, -0.25) is 4.98 Å². The third-order valence-corrected chi connectivity index (χ3v) is 3.45. The molecule has 1 saturated carbocycles. The van der Waals surface area contributed by atoms with Gasteiger partial charge in [-0.15, -0.1) is 0 Å². The summed E-state index contributed by atoms with van der Waals surface area (Å²) in [7, 11) is -3.76. The highest BCUT2D eigenvalue weighted by molar-refractivity contribution is 7.89. The molecule has 16 heavy (non-hydrogen) atoms. The Balaban J connectivity index is 2.49. The molecule has 0 atom stereocenters. The molecule has 5 nitrogen and oxygen atoms in total. The summed E-state index contributed by atoms with van der Waals surface area (Å²) in [6.45, 7) is 1.85. The average Bonchev–Trinajstić information content (AvgIpc) is 2.99. The SMILES string of the molecule is CCc1cncc(OC2CC2)c1S(N)(=O)=O. The highest BCUT2D eigenvalue weighted by Gasteiger charge is 2.28. The van der Waals surface area contributed by atoms with Crippen LogP contribution < -0.4 is 9.88 Å². The predicted octanol–water partition coefficient (Wildman–Crippen LogP) is 0.833. The maximum absolute atomic E-state index is 11.5. The zero-order chi connectivity index (χ0) is 11.8. The maximum Gasteiger partial charge on any atom is 0.242 e. The molecule has 0 saturated heterocycles. The van der Waals surface area contributed by atoms with Crippen LogP contribution in [0.1, 0.15) is 25.3 Å². The number of hydrogen-bond acceptors (Lipinski definition) is 4. The van der Waals surface area contributed by atoms with Gasteiger partial charge >= 0.3 is 0 Å². The highest BCUT2D eigenvalue weighted by Crippen LogP contribution is 2.32. The molecule has 1 fully saturated rings. The van der Waals surface area contributed by atoms with Crippen molar-refractivity contribution >= 4 is 10.0 Å². The van der Waals surface area contributed by atoms with Gasteiger partial charge in [-0.05, 0) is 24.8 Å². The predicted molar refractivity (Wildman–Crippen MR) is 58.6 cm³/mol. The molecule has 0 spiro atoms.